The van der Waals surface area contributed by atoms with Gasteiger partial charge in [0.2, 0.25) is 0 Å². The van der Waals surface area contributed by atoms with E-state index in [0.29, 0.717) is 30.2 Å². The monoisotopic (exact) mass is 522 g/mol. The van der Waals surface area contributed by atoms with E-state index in [-0.39, 0.29) is 23.4 Å². The van der Waals surface area contributed by atoms with Crippen molar-refractivity contribution in [2.45, 2.75) is 19.6 Å². The van der Waals surface area contributed by atoms with Crippen LogP contribution in [-0.2, 0) is 12.7 Å². The highest BCUT2D eigenvalue weighted by Gasteiger charge is 2.34. The largest absolute Gasteiger partial charge is 0.416 e. The molecular weight excluding hydrogens is 493 g/mol. The summed E-state index contributed by atoms with van der Waals surface area (Å²) >= 11 is 0. The van der Waals surface area contributed by atoms with Crippen molar-refractivity contribution in [3.63, 3.8) is 0 Å². The molecule has 198 valence electrons. The number of nitrogens with one attached hydrogen (secondary N) is 1. The Labute approximate surface area is 219 Å². The van der Waals surface area contributed by atoms with Crippen LogP contribution in [0.2, 0.25) is 0 Å². The first-order valence-electron chi connectivity index (χ1n) is 12.1. The Morgan fingerprint density at radius 1 is 1.16 bits per heavy atom. The fraction of sp³-hybridized carbons (Fsp3) is 0.286. The minimum absolute atomic E-state index is 0.0710. The van der Waals surface area contributed by atoms with Crippen LogP contribution >= 0.6 is 0 Å². The lowest BCUT2D eigenvalue weighted by atomic mass is 10.0. The Balaban J connectivity index is 1.53. The first-order chi connectivity index (χ1) is 18.0. The Morgan fingerprint density at radius 3 is 2.55 bits per heavy atom. The molecule has 7 nitrogen and oxygen atoms in total. The van der Waals surface area contributed by atoms with Crippen LogP contribution in [-0.4, -0.2) is 58.6 Å². The molecule has 0 saturated carbocycles. The molecule has 3 aromatic rings. The number of anilines is 1. The summed E-state index contributed by atoms with van der Waals surface area (Å²) in [5, 5.41) is 2.60. The zero-order valence-corrected chi connectivity index (χ0v) is 21.3. The fourth-order valence-corrected chi connectivity index (χ4v) is 4.15. The molecule has 1 aromatic heterocycles. The number of alkyl halides is 3. The van der Waals surface area contributed by atoms with Crippen molar-refractivity contribution in [2.24, 2.45) is 0 Å². The van der Waals surface area contributed by atoms with Crippen LogP contribution < -0.4 is 11.2 Å². The molecule has 4 rings (SSSR count). The number of halogens is 3. The van der Waals surface area contributed by atoms with E-state index in [4.69, 9.17) is 5.84 Å². The van der Waals surface area contributed by atoms with Gasteiger partial charge in [0.15, 0.2) is 5.82 Å². The van der Waals surface area contributed by atoms with Crippen molar-refractivity contribution in [1.82, 2.24) is 19.5 Å². The molecule has 0 unspecified atom stereocenters. The van der Waals surface area contributed by atoms with Crippen molar-refractivity contribution in [3.8, 4) is 11.8 Å². The lowest BCUT2D eigenvalue weighted by molar-refractivity contribution is -0.138. The Hall–Kier alpha value is -4.07. The zero-order chi connectivity index (χ0) is 27.4. The lowest BCUT2D eigenvalue weighted by Crippen LogP contribution is -2.44. The zero-order valence-electron chi connectivity index (χ0n) is 21.3. The van der Waals surface area contributed by atoms with Crippen LogP contribution in [0.1, 0.15) is 44.1 Å². The topological polar surface area (TPSA) is 79.4 Å². The van der Waals surface area contributed by atoms with E-state index in [9.17, 15) is 18.0 Å². The number of benzene rings is 2. The van der Waals surface area contributed by atoms with Crippen LogP contribution in [0.3, 0.4) is 0 Å². The molecule has 1 aliphatic heterocycles. The third kappa shape index (κ3) is 6.25. The number of carbonyl (C=O) groups is 1. The van der Waals surface area contributed by atoms with E-state index >= 15 is 0 Å². The minimum Gasteiger partial charge on any atom is -0.337 e. The second kappa shape index (κ2) is 11.1. The number of hydrogen-bond donors (Lipinski definition) is 2. The standard InChI is InChI=1S/C28H29F3N6O/c1-4-26-33-17-24(37(26)32)10-8-20-15-21(6-5-19(20)2)27(38)34-23-9-7-22(25(16-23)28(29,30)31)18-36-13-11-35(3)12-14-36/h4-7,9,15-17H,1,11-14,18,32H2,2-3H3,(H,34,38). The van der Waals surface area contributed by atoms with Gasteiger partial charge < -0.3 is 16.1 Å². The summed E-state index contributed by atoms with van der Waals surface area (Å²) in [5.74, 6) is 11.8. The quantitative estimate of drug-likeness (QED) is 0.392. The number of nitrogens with two attached hydrogens (primary N) is 1. The van der Waals surface area contributed by atoms with Gasteiger partial charge in [-0.1, -0.05) is 24.6 Å². The summed E-state index contributed by atoms with van der Waals surface area (Å²) in [4.78, 5) is 21.2. The van der Waals surface area contributed by atoms with Gasteiger partial charge in [-0.15, -0.1) is 0 Å². The van der Waals surface area contributed by atoms with Crippen LogP contribution in [0.4, 0.5) is 18.9 Å². The van der Waals surface area contributed by atoms with Gasteiger partial charge in [-0.05, 0) is 61.4 Å². The molecule has 0 radical (unpaired) electrons. The van der Waals surface area contributed by atoms with Crippen molar-refractivity contribution in [2.75, 3.05) is 44.4 Å². The smallest absolute Gasteiger partial charge is 0.337 e. The normalized spacial score (nSPS) is 14.6. The highest BCUT2D eigenvalue weighted by atomic mass is 19.4. The second-order valence-electron chi connectivity index (χ2n) is 9.26. The number of hydrogen-bond acceptors (Lipinski definition) is 5. The summed E-state index contributed by atoms with van der Waals surface area (Å²) < 4.78 is 43.0. The number of nitrogens with zero attached hydrogens (tertiary/aromatic N) is 4. The Bertz CT molecular complexity index is 1410. The first kappa shape index (κ1) is 27.0. The average Bonchev–Trinajstić information content (AvgIpc) is 3.24. The number of carbonyl (C=O) groups excluding carboxylic acids is 1. The van der Waals surface area contributed by atoms with Crippen molar-refractivity contribution < 1.29 is 18.0 Å². The predicted octanol–water partition coefficient (Wildman–Crippen LogP) is 3.97. The number of likely N-dealkylation sites (N-methyl/N-ethyl adjacent to an activating group) is 1. The maximum Gasteiger partial charge on any atom is 0.416 e. The molecule has 3 N–H and O–H groups in total. The van der Waals surface area contributed by atoms with Gasteiger partial charge >= 0.3 is 6.18 Å². The molecule has 0 bridgehead atoms. The maximum atomic E-state index is 13.9. The first-order valence-corrected chi connectivity index (χ1v) is 12.1. The van der Waals surface area contributed by atoms with Gasteiger partial charge in [0, 0.05) is 49.5 Å². The number of nitrogen functional groups attached to an aromatic ring is 1. The van der Waals surface area contributed by atoms with Crippen LogP contribution in [0.25, 0.3) is 6.08 Å². The van der Waals surface area contributed by atoms with E-state index < -0.39 is 17.6 Å². The fourth-order valence-electron chi connectivity index (χ4n) is 4.15. The Kier molecular flexibility index (Phi) is 7.90. The molecule has 10 heteroatoms. The highest BCUT2D eigenvalue weighted by molar-refractivity contribution is 6.04. The number of amides is 1. The van der Waals surface area contributed by atoms with Gasteiger partial charge in [0.1, 0.15) is 5.69 Å². The molecular formula is C28H29F3N6O. The summed E-state index contributed by atoms with van der Waals surface area (Å²) in [5.41, 5.74) is 1.65. The van der Waals surface area contributed by atoms with Gasteiger partial charge in [-0.3, -0.25) is 9.69 Å². The number of rotatable bonds is 5. The Morgan fingerprint density at radius 2 is 1.89 bits per heavy atom. The van der Waals surface area contributed by atoms with E-state index in [1.54, 1.807) is 18.2 Å². The number of imidazole rings is 1. The van der Waals surface area contributed by atoms with Crippen molar-refractivity contribution in [3.05, 3.63) is 88.5 Å². The van der Waals surface area contributed by atoms with Crippen LogP contribution in [0.15, 0.2) is 49.2 Å². The molecule has 2 heterocycles. The summed E-state index contributed by atoms with van der Waals surface area (Å²) in [6, 6.07) is 8.87. The molecule has 38 heavy (non-hydrogen) atoms. The van der Waals surface area contributed by atoms with Crippen LogP contribution in [0.5, 0.6) is 0 Å². The number of aryl methyl sites for hydroxylation is 1. The SMILES string of the molecule is C=Cc1ncc(C#Cc2cc(C(=O)Nc3ccc(CN4CCN(C)CC4)c(C(F)(F)F)c3)ccc2C)n1N. The van der Waals surface area contributed by atoms with E-state index in [2.05, 4.69) is 33.6 Å². The molecule has 2 aromatic carbocycles. The predicted molar refractivity (Wildman–Crippen MR) is 142 cm³/mol. The molecule has 0 aliphatic carbocycles. The second-order valence-corrected chi connectivity index (χ2v) is 9.26. The lowest BCUT2D eigenvalue weighted by Gasteiger charge is -2.33. The van der Waals surface area contributed by atoms with Crippen LogP contribution in [0, 0.1) is 18.8 Å². The van der Waals surface area contributed by atoms with E-state index in [1.165, 1.54) is 29.1 Å². The third-order valence-electron chi connectivity index (χ3n) is 6.50. The summed E-state index contributed by atoms with van der Waals surface area (Å²) in [7, 11) is 1.99. The molecule has 1 saturated heterocycles. The van der Waals surface area contributed by atoms with Crippen molar-refractivity contribution >= 4 is 17.7 Å². The van der Waals surface area contributed by atoms with Gasteiger partial charge in [0.05, 0.1) is 11.8 Å². The highest BCUT2D eigenvalue weighted by Crippen LogP contribution is 2.34. The molecule has 1 amide bonds. The van der Waals surface area contributed by atoms with Gasteiger partial charge in [-0.2, -0.15) is 13.2 Å². The molecule has 1 fully saturated rings. The summed E-state index contributed by atoms with van der Waals surface area (Å²) in [6.07, 6.45) is -1.53. The average molecular weight is 523 g/mol. The van der Waals surface area contributed by atoms with Crippen molar-refractivity contribution in [1.29, 1.82) is 0 Å². The minimum atomic E-state index is -4.55. The molecule has 0 spiro atoms. The maximum absolute atomic E-state index is 13.9. The van der Waals surface area contributed by atoms with E-state index in [0.717, 1.165) is 24.7 Å². The summed E-state index contributed by atoms with van der Waals surface area (Å²) in [6.45, 7) is 8.70. The molecule has 1 aliphatic rings. The third-order valence-corrected chi connectivity index (χ3v) is 6.50. The van der Waals surface area contributed by atoms with E-state index in [1.807, 2.05) is 18.9 Å². The number of aromatic nitrogens is 2. The number of piperazine rings is 1. The van der Waals surface area contributed by atoms with Gasteiger partial charge in [0.25, 0.3) is 5.91 Å². The van der Waals surface area contributed by atoms with Gasteiger partial charge in [-0.25, -0.2) is 9.66 Å². The molecule has 0 atom stereocenters.